The predicted octanol–water partition coefficient (Wildman–Crippen LogP) is 2.16. The molecule has 0 aliphatic carbocycles. The fourth-order valence-electron chi connectivity index (χ4n) is 1.63. The van der Waals surface area contributed by atoms with Gasteiger partial charge < -0.3 is 10.1 Å². The van der Waals surface area contributed by atoms with Crippen molar-refractivity contribution in [3.63, 3.8) is 0 Å². The van der Waals surface area contributed by atoms with Crippen LogP contribution in [0.2, 0.25) is 10.4 Å². The number of halogens is 2. The van der Waals surface area contributed by atoms with Crippen LogP contribution in [0.1, 0.15) is 19.3 Å². The minimum atomic E-state index is 0.0871. The van der Waals surface area contributed by atoms with E-state index in [1.165, 1.54) is 0 Å². The monoisotopic (exact) mass is 262 g/mol. The zero-order valence-electron chi connectivity index (χ0n) is 8.62. The number of nitrogens with one attached hydrogen (secondary N) is 1. The number of ether oxygens (including phenoxy) is 1. The minimum Gasteiger partial charge on any atom is -0.378 e. The molecule has 0 amide bonds. The SMILES string of the molecule is Clc1nnc(Cl)c(NCCC2CCCO2)n1. The van der Waals surface area contributed by atoms with E-state index in [0.717, 1.165) is 32.4 Å². The lowest BCUT2D eigenvalue weighted by molar-refractivity contribution is 0.107. The average molecular weight is 263 g/mol. The maximum absolute atomic E-state index is 5.80. The molecule has 1 aliphatic rings. The Bertz CT molecular complexity index is 357. The van der Waals surface area contributed by atoms with Crippen LogP contribution in [-0.4, -0.2) is 34.4 Å². The van der Waals surface area contributed by atoms with E-state index < -0.39 is 0 Å². The molecule has 0 bridgehead atoms. The van der Waals surface area contributed by atoms with E-state index in [0.29, 0.717) is 11.9 Å². The standard InChI is InChI=1S/C9H12Cl2N4O/c10-7-8(13-9(11)15-14-7)12-4-3-6-2-1-5-16-6/h6H,1-5H2,(H,12,13,15). The van der Waals surface area contributed by atoms with Gasteiger partial charge in [-0.1, -0.05) is 11.6 Å². The molecule has 0 spiro atoms. The summed E-state index contributed by atoms with van der Waals surface area (Å²) in [7, 11) is 0. The second kappa shape index (κ2) is 5.61. The fraction of sp³-hybridized carbons (Fsp3) is 0.667. The maximum Gasteiger partial charge on any atom is 0.245 e. The smallest absolute Gasteiger partial charge is 0.245 e. The number of hydrogen-bond acceptors (Lipinski definition) is 5. The van der Waals surface area contributed by atoms with Crippen LogP contribution >= 0.6 is 23.2 Å². The highest BCUT2D eigenvalue weighted by Crippen LogP contribution is 2.18. The Morgan fingerprint density at radius 3 is 3.00 bits per heavy atom. The van der Waals surface area contributed by atoms with Crippen LogP contribution in [0.15, 0.2) is 0 Å². The summed E-state index contributed by atoms with van der Waals surface area (Å²) >= 11 is 11.4. The lowest BCUT2D eigenvalue weighted by Crippen LogP contribution is -2.13. The van der Waals surface area contributed by atoms with Crippen molar-refractivity contribution < 1.29 is 4.74 Å². The van der Waals surface area contributed by atoms with Crippen LogP contribution in [-0.2, 0) is 4.74 Å². The molecule has 2 heterocycles. The molecule has 1 aliphatic heterocycles. The van der Waals surface area contributed by atoms with Crippen molar-refractivity contribution in [3.05, 3.63) is 10.4 Å². The van der Waals surface area contributed by atoms with Gasteiger partial charge in [-0.25, -0.2) is 0 Å². The van der Waals surface area contributed by atoms with Gasteiger partial charge in [-0.3, -0.25) is 0 Å². The second-order valence-electron chi connectivity index (χ2n) is 3.57. The Hall–Kier alpha value is -0.650. The highest BCUT2D eigenvalue weighted by molar-refractivity contribution is 6.32. The summed E-state index contributed by atoms with van der Waals surface area (Å²) in [5.41, 5.74) is 0. The molecule has 0 aromatic carbocycles. The van der Waals surface area contributed by atoms with Gasteiger partial charge in [-0.05, 0) is 30.9 Å². The Morgan fingerprint density at radius 2 is 2.25 bits per heavy atom. The van der Waals surface area contributed by atoms with E-state index >= 15 is 0 Å². The molecule has 1 aromatic rings. The summed E-state index contributed by atoms with van der Waals surface area (Å²) in [6.07, 6.45) is 3.54. The third-order valence-electron chi connectivity index (χ3n) is 2.40. The Morgan fingerprint density at radius 1 is 1.38 bits per heavy atom. The number of rotatable bonds is 4. The van der Waals surface area contributed by atoms with Crippen LogP contribution in [0.5, 0.6) is 0 Å². The maximum atomic E-state index is 5.80. The number of aromatic nitrogens is 3. The van der Waals surface area contributed by atoms with Crippen molar-refractivity contribution in [1.82, 2.24) is 15.2 Å². The number of nitrogens with zero attached hydrogens (tertiary/aromatic N) is 3. The van der Waals surface area contributed by atoms with Crippen molar-refractivity contribution in [2.45, 2.75) is 25.4 Å². The van der Waals surface area contributed by atoms with Gasteiger partial charge in [0.1, 0.15) is 0 Å². The van der Waals surface area contributed by atoms with E-state index in [2.05, 4.69) is 20.5 Å². The van der Waals surface area contributed by atoms with E-state index in [9.17, 15) is 0 Å². The topological polar surface area (TPSA) is 59.9 Å². The van der Waals surface area contributed by atoms with E-state index in [1.54, 1.807) is 0 Å². The Balaban J connectivity index is 1.82. The quantitative estimate of drug-likeness (QED) is 0.901. The van der Waals surface area contributed by atoms with Crippen molar-refractivity contribution in [1.29, 1.82) is 0 Å². The van der Waals surface area contributed by atoms with Crippen molar-refractivity contribution >= 4 is 29.0 Å². The molecule has 2 rings (SSSR count). The molecule has 5 nitrogen and oxygen atoms in total. The van der Waals surface area contributed by atoms with Gasteiger partial charge in [-0.15, -0.1) is 10.2 Å². The summed E-state index contributed by atoms with van der Waals surface area (Å²) in [4.78, 5) is 3.94. The van der Waals surface area contributed by atoms with Crippen LogP contribution in [0.3, 0.4) is 0 Å². The van der Waals surface area contributed by atoms with Gasteiger partial charge in [0.15, 0.2) is 11.0 Å². The minimum absolute atomic E-state index is 0.0871. The third-order valence-corrected chi connectivity index (χ3v) is 2.82. The first kappa shape index (κ1) is 11.8. The molecule has 7 heteroatoms. The average Bonchev–Trinajstić information content (AvgIpc) is 2.76. The molecule has 1 fully saturated rings. The third kappa shape index (κ3) is 3.17. The van der Waals surface area contributed by atoms with Crippen molar-refractivity contribution in [3.8, 4) is 0 Å². The molecule has 0 radical (unpaired) electrons. The Labute approximate surface area is 104 Å². The highest BCUT2D eigenvalue weighted by Gasteiger charge is 2.15. The first-order chi connectivity index (χ1) is 7.75. The van der Waals surface area contributed by atoms with Crippen molar-refractivity contribution in [2.75, 3.05) is 18.5 Å². The van der Waals surface area contributed by atoms with E-state index in [1.807, 2.05) is 0 Å². The van der Waals surface area contributed by atoms with Crippen LogP contribution in [0.25, 0.3) is 0 Å². The predicted molar refractivity (Wildman–Crippen MR) is 61.9 cm³/mol. The molecule has 1 N–H and O–H groups in total. The molecule has 1 aromatic heterocycles. The van der Waals surface area contributed by atoms with Crippen LogP contribution < -0.4 is 5.32 Å². The van der Waals surface area contributed by atoms with Gasteiger partial charge in [0.2, 0.25) is 5.28 Å². The number of anilines is 1. The normalized spacial score (nSPS) is 20.0. The van der Waals surface area contributed by atoms with Gasteiger partial charge in [0.25, 0.3) is 0 Å². The molecule has 16 heavy (non-hydrogen) atoms. The number of hydrogen-bond donors (Lipinski definition) is 1. The Kier molecular flexibility index (Phi) is 4.15. The lowest BCUT2D eigenvalue weighted by atomic mass is 10.2. The van der Waals surface area contributed by atoms with Gasteiger partial charge in [0, 0.05) is 13.2 Å². The summed E-state index contributed by atoms with van der Waals surface area (Å²) in [6.45, 7) is 1.60. The summed E-state index contributed by atoms with van der Waals surface area (Å²) in [5, 5.41) is 10.6. The highest BCUT2D eigenvalue weighted by atomic mass is 35.5. The van der Waals surface area contributed by atoms with E-state index in [-0.39, 0.29) is 10.4 Å². The van der Waals surface area contributed by atoms with Crippen LogP contribution in [0, 0.1) is 0 Å². The lowest BCUT2D eigenvalue weighted by Gasteiger charge is -2.10. The molecule has 0 saturated carbocycles. The van der Waals surface area contributed by atoms with E-state index in [4.69, 9.17) is 27.9 Å². The molecular weight excluding hydrogens is 251 g/mol. The largest absolute Gasteiger partial charge is 0.378 e. The first-order valence-electron chi connectivity index (χ1n) is 5.17. The molecule has 1 saturated heterocycles. The van der Waals surface area contributed by atoms with Crippen LogP contribution in [0.4, 0.5) is 5.82 Å². The first-order valence-corrected chi connectivity index (χ1v) is 5.92. The van der Waals surface area contributed by atoms with Gasteiger partial charge in [0.05, 0.1) is 6.10 Å². The zero-order valence-corrected chi connectivity index (χ0v) is 10.1. The summed E-state index contributed by atoms with van der Waals surface area (Å²) in [6, 6.07) is 0. The summed E-state index contributed by atoms with van der Waals surface area (Å²) in [5.74, 6) is 0.472. The molecule has 1 unspecified atom stereocenters. The second-order valence-corrected chi connectivity index (χ2v) is 4.27. The molecular formula is C9H12Cl2N4O. The fourth-order valence-corrected chi connectivity index (χ4v) is 1.90. The van der Waals surface area contributed by atoms with Gasteiger partial charge in [-0.2, -0.15) is 4.98 Å². The molecule has 88 valence electrons. The van der Waals surface area contributed by atoms with Crippen molar-refractivity contribution in [2.24, 2.45) is 0 Å². The van der Waals surface area contributed by atoms with Gasteiger partial charge >= 0.3 is 0 Å². The zero-order chi connectivity index (χ0) is 11.4. The molecule has 1 atom stereocenters. The summed E-state index contributed by atoms with van der Waals surface area (Å²) < 4.78 is 5.50.